The normalized spacial score (nSPS) is 10.3. The van der Waals surface area contributed by atoms with Gasteiger partial charge in [0, 0.05) is 11.6 Å². The molecule has 0 saturated carbocycles. The highest BCUT2D eigenvalue weighted by atomic mass is 19.1. The molecular formula is C15H12F2O2. The van der Waals surface area contributed by atoms with Crippen LogP contribution in [0.1, 0.15) is 21.5 Å². The van der Waals surface area contributed by atoms with Crippen LogP contribution in [-0.4, -0.2) is 6.29 Å². The van der Waals surface area contributed by atoms with Crippen LogP contribution in [-0.2, 0) is 6.61 Å². The highest BCUT2D eigenvalue weighted by Gasteiger charge is 2.09. The Morgan fingerprint density at radius 1 is 1.21 bits per heavy atom. The first-order valence-electron chi connectivity index (χ1n) is 5.73. The summed E-state index contributed by atoms with van der Waals surface area (Å²) < 4.78 is 31.7. The van der Waals surface area contributed by atoms with Gasteiger partial charge in [0.15, 0.2) is 6.29 Å². The van der Waals surface area contributed by atoms with Gasteiger partial charge in [0.2, 0.25) is 0 Å². The third-order valence-electron chi connectivity index (χ3n) is 2.76. The van der Waals surface area contributed by atoms with Crippen molar-refractivity contribution in [3.8, 4) is 5.75 Å². The Hall–Kier alpha value is -2.23. The number of hydrogen-bond acceptors (Lipinski definition) is 2. The van der Waals surface area contributed by atoms with Crippen molar-refractivity contribution < 1.29 is 18.3 Å². The molecule has 0 atom stereocenters. The van der Waals surface area contributed by atoms with Gasteiger partial charge in [0.25, 0.3) is 0 Å². The Morgan fingerprint density at radius 3 is 2.68 bits per heavy atom. The van der Waals surface area contributed by atoms with E-state index in [1.807, 2.05) is 0 Å². The SMILES string of the molecule is Cc1cccc(C=O)c1OCc1ccc(F)cc1F. The van der Waals surface area contributed by atoms with Gasteiger partial charge in [-0.15, -0.1) is 0 Å². The molecule has 2 aromatic carbocycles. The maximum atomic E-state index is 13.4. The van der Waals surface area contributed by atoms with Crippen molar-refractivity contribution in [3.63, 3.8) is 0 Å². The highest BCUT2D eigenvalue weighted by Crippen LogP contribution is 2.23. The van der Waals surface area contributed by atoms with Crippen LogP contribution in [0.15, 0.2) is 36.4 Å². The second-order valence-electron chi connectivity index (χ2n) is 4.14. The molecule has 0 unspecified atom stereocenters. The van der Waals surface area contributed by atoms with Gasteiger partial charge in [0.05, 0.1) is 5.56 Å². The summed E-state index contributed by atoms with van der Waals surface area (Å²) in [5, 5.41) is 0. The summed E-state index contributed by atoms with van der Waals surface area (Å²) >= 11 is 0. The zero-order chi connectivity index (χ0) is 13.8. The molecule has 0 spiro atoms. The van der Waals surface area contributed by atoms with E-state index in [1.54, 1.807) is 25.1 Å². The lowest BCUT2D eigenvalue weighted by Crippen LogP contribution is -2.02. The van der Waals surface area contributed by atoms with Crippen molar-refractivity contribution in [1.29, 1.82) is 0 Å². The summed E-state index contributed by atoms with van der Waals surface area (Å²) in [7, 11) is 0. The average Bonchev–Trinajstić information content (AvgIpc) is 2.39. The van der Waals surface area contributed by atoms with E-state index in [9.17, 15) is 13.6 Å². The fourth-order valence-electron chi connectivity index (χ4n) is 1.75. The van der Waals surface area contributed by atoms with Crippen molar-refractivity contribution in [3.05, 3.63) is 64.7 Å². The largest absolute Gasteiger partial charge is 0.488 e. The van der Waals surface area contributed by atoms with E-state index < -0.39 is 11.6 Å². The van der Waals surface area contributed by atoms with Crippen LogP contribution in [0.2, 0.25) is 0 Å². The van der Waals surface area contributed by atoms with Gasteiger partial charge in [-0.2, -0.15) is 0 Å². The minimum Gasteiger partial charge on any atom is -0.488 e. The minimum absolute atomic E-state index is 0.0577. The molecular weight excluding hydrogens is 250 g/mol. The van der Waals surface area contributed by atoms with Gasteiger partial charge in [-0.3, -0.25) is 4.79 Å². The van der Waals surface area contributed by atoms with Crippen LogP contribution in [0.5, 0.6) is 5.75 Å². The first-order chi connectivity index (χ1) is 9.11. The van der Waals surface area contributed by atoms with Crippen LogP contribution in [0.25, 0.3) is 0 Å². The van der Waals surface area contributed by atoms with E-state index in [-0.39, 0.29) is 12.2 Å². The topological polar surface area (TPSA) is 26.3 Å². The van der Waals surface area contributed by atoms with Gasteiger partial charge < -0.3 is 4.74 Å². The first-order valence-corrected chi connectivity index (χ1v) is 5.73. The van der Waals surface area contributed by atoms with Crippen LogP contribution in [0.4, 0.5) is 8.78 Å². The molecule has 0 saturated heterocycles. The van der Waals surface area contributed by atoms with Gasteiger partial charge >= 0.3 is 0 Å². The number of para-hydroxylation sites is 1. The number of benzene rings is 2. The highest BCUT2D eigenvalue weighted by molar-refractivity contribution is 5.80. The predicted octanol–water partition coefficient (Wildman–Crippen LogP) is 3.66. The van der Waals surface area contributed by atoms with E-state index in [2.05, 4.69) is 0 Å². The summed E-state index contributed by atoms with van der Waals surface area (Å²) in [6, 6.07) is 8.45. The molecule has 98 valence electrons. The lowest BCUT2D eigenvalue weighted by molar-refractivity contribution is 0.111. The van der Waals surface area contributed by atoms with Gasteiger partial charge in [-0.05, 0) is 30.7 Å². The number of ether oxygens (including phenoxy) is 1. The number of hydrogen-bond donors (Lipinski definition) is 0. The lowest BCUT2D eigenvalue weighted by Gasteiger charge is -2.11. The Balaban J connectivity index is 2.21. The number of aldehydes is 1. The fourth-order valence-corrected chi connectivity index (χ4v) is 1.75. The predicted molar refractivity (Wildman–Crippen MR) is 67.3 cm³/mol. The molecule has 0 aliphatic heterocycles. The standard InChI is InChI=1S/C15H12F2O2/c1-10-3-2-4-11(8-18)15(10)19-9-12-5-6-13(16)7-14(12)17/h2-8H,9H2,1H3. The number of aryl methyl sites for hydroxylation is 1. The number of rotatable bonds is 4. The summed E-state index contributed by atoms with van der Waals surface area (Å²) in [5.41, 5.74) is 1.43. The molecule has 2 nitrogen and oxygen atoms in total. The zero-order valence-corrected chi connectivity index (χ0v) is 10.3. The van der Waals surface area contributed by atoms with E-state index in [1.165, 1.54) is 12.1 Å². The first kappa shape index (κ1) is 13.2. The molecule has 0 aliphatic rings. The molecule has 19 heavy (non-hydrogen) atoms. The molecule has 0 radical (unpaired) electrons. The fraction of sp³-hybridized carbons (Fsp3) is 0.133. The molecule has 0 heterocycles. The summed E-state index contributed by atoms with van der Waals surface area (Å²) in [4.78, 5) is 10.9. The van der Waals surface area contributed by atoms with Crippen LogP contribution >= 0.6 is 0 Å². The maximum Gasteiger partial charge on any atom is 0.153 e. The molecule has 0 aromatic heterocycles. The van der Waals surface area contributed by atoms with E-state index in [4.69, 9.17) is 4.74 Å². The van der Waals surface area contributed by atoms with Crippen molar-refractivity contribution in [2.45, 2.75) is 13.5 Å². The average molecular weight is 262 g/mol. The summed E-state index contributed by atoms with van der Waals surface area (Å²) in [6.07, 6.45) is 0.684. The van der Waals surface area contributed by atoms with Crippen molar-refractivity contribution in [2.75, 3.05) is 0 Å². The lowest BCUT2D eigenvalue weighted by atomic mass is 10.1. The third kappa shape index (κ3) is 2.96. The Labute approximate surface area is 109 Å². The van der Waals surface area contributed by atoms with E-state index >= 15 is 0 Å². The molecule has 0 bridgehead atoms. The van der Waals surface area contributed by atoms with Crippen molar-refractivity contribution in [1.82, 2.24) is 0 Å². The van der Waals surface area contributed by atoms with Crippen molar-refractivity contribution in [2.24, 2.45) is 0 Å². The number of carbonyl (C=O) groups excluding carboxylic acids is 1. The number of halogens is 2. The van der Waals surface area contributed by atoms with Crippen LogP contribution < -0.4 is 4.74 Å². The van der Waals surface area contributed by atoms with E-state index in [0.717, 1.165) is 11.6 Å². The smallest absolute Gasteiger partial charge is 0.153 e. The Morgan fingerprint density at radius 2 is 2.00 bits per heavy atom. The summed E-state index contributed by atoms with van der Waals surface area (Å²) in [6.45, 7) is 1.74. The Bertz CT molecular complexity index is 609. The Kier molecular flexibility index (Phi) is 3.90. The van der Waals surface area contributed by atoms with Gasteiger partial charge in [-0.1, -0.05) is 12.1 Å². The second kappa shape index (κ2) is 5.61. The molecule has 2 aromatic rings. The molecule has 0 amide bonds. The number of carbonyl (C=O) groups is 1. The quantitative estimate of drug-likeness (QED) is 0.786. The van der Waals surface area contributed by atoms with Crippen LogP contribution in [0.3, 0.4) is 0 Å². The molecule has 0 N–H and O–H groups in total. The van der Waals surface area contributed by atoms with E-state index in [0.29, 0.717) is 17.6 Å². The third-order valence-corrected chi connectivity index (χ3v) is 2.76. The van der Waals surface area contributed by atoms with Crippen LogP contribution in [0, 0.1) is 18.6 Å². The summed E-state index contributed by atoms with van der Waals surface area (Å²) in [5.74, 6) is -0.881. The monoisotopic (exact) mass is 262 g/mol. The van der Waals surface area contributed by atoms with Gasteiger partial charge in [0.1, 0.15) is 24.0 Å². The zero-order valence-electron chi connectivity index (χ0n) is 10.3. The maximum absolute atomic E-state index is 13.4. The van der Waals surface area contributed by atoms with Gasteiger partial charge in [-0.25, -0.2) is 8.78 Å². The minimum atomic E-state index is -0.666. The molecule has 0 aliphatic carbocycles. The molecule has 0 fully saturated rings. The molecule has 4 heteroatoms. The second-order valence-corrected chi connectivity index (χ2v) is 4.14. The molecule has 2 rings (SSSR count). The van der Waals surface area contributed by atoms with Crippen molar-refractivity contribution >= 4 is 6.29 Å².